The Morgan fingerprint density at radius 3 is 2.39 bits per heavy atom. The molecule has 0 radical (unpaired) electrons. The van der Waals surface area contributed by atoms with Crippen molar-refractivity contribution < 1.29 is 9.53 Å². The molecule has 2 heterocycles. The van der Waals surface area contributed by atoms with Gasteiger partial charge in [0.2, 0.25) is 0 Å². The van der Waals surface area contributed by atoms with Crippen molar-refractivity contribution in [3.63, 3.8) is 0 Å². The van der Waals surface area contributed by atoms with Crippen LogP contribution in [-0.2, 0) is 9.53 Å². The Labute approximate surface area is 217 Å². The Kier molecular flexibility index (Phi) is 8.96. The van der Waals surface area contributed by atoms with Gasteiger partial charge >= 0.3 is 5.97 Å². The van der Waals surface area contributed by atoms with Gasteiger partial charge in [-0.05, 0) is 36.8 Å². The summed E-state index contributed by atoms with van der Waals surface area (Å²) in [5.41, 5.74) is 2.82. The molecule has 7 nitrogen and oxygen atoms in total. The zero-order chi connectivity index (χ0) is 25.3. The number of piperazine rings is 1. The van der Waals surface area contributed by atoms with E-state index in [2.05, 4.69) is 22.8 Å². The monoisotopic (exact) mass is 505 g/mol. The van der Waals surface area contributed by atoms with E-state index in [0.717, 1.165) is 50.0 Å². The Morgan fingerprint density at radius 1 is 1.00 bits per heavy atom. The zero-order valence-corrected chi connectivity index (χ0v) is 21.5. The SMILES string of the molecule is CCCCCCCOC(=O)C(C#N)c1nc2ccccc2nc1N1CCN(c2cccc(Cl)c2)CC1. The first kappa shape index (κ1) is 25.7. The van der Waals surface area contributed by atoms with Crippen LogP contribution in [0.4, 0.5) is 11.5 Å². The van der Waals surface area contributed by atoms with Crippen LogP contribution in [-0.4, -0.2) is 48.7 Å². The lowest BCUT2D eigenvalue weighted by Crippen LogP contribution is -2.47. The highest BCUT2D eigenvalue weighted by atomic mass is 35.5. The predicted molar refractivity (Wildman–Crippen MR) is 143 cm³/mol. The summed E-state index contributed by atoms with van der Waals surface area (Å²) < 4.78 is 5.50. The van der Waals surface area contributed by atoms with Gasteiger partial charge in [0.1, 0.15) is 5.69 Å². The van der Waals surface area contributed by atoms with Crippen LogP contribution in [0.25, 0.3) is 11.0 Å². The highest BCUT2D eigenvalue weighted by Crippen LogP contribution is 2.30. The van der Waals surface area contributed by atoms with Crippen LogP contribution in [0.15, 0.2) is 48.5 Å². The number of carbonyl (C=O) groups excluding carboxylic acids is 1. The highest BCUT2D eigenvalue weighted by Gasteiger charge is 2.31. The Bertz CT molecular complexity index is 1220. The van der Waals surface area contributed by atoms with Crippen LogP contribution < -0.4 is 9.80 Å². The molecule has 0 amide bonds. The first-order valence-electron chi connectivity index (χ1n) is 12.7. The quantitative estimate of drug-likeness (QED) is 0.257. The number of nitrogens with zero attached hydrogens (tertiary/aromatic N) is 5. The van der Waals surface area contributed by atoms with Gasteiger partial charge in [-0.15, -0.1) is 0 Å². The normalized spacial score (nSPS) is 14.5. The summed E-state index contributed by atoms with van der Waals surface area (Å²) in [7, 11) is 0. The summed E-state index contributed by atoms with van der Waals surface area (Å²) in [5.74, 6) is -1.11. The van der Waals surface area contributed by atoms with Gasteiger partial charge in [-0.25, -0.2) is 9.97 Å². The second kappa shape index (κ2) is 12.5. The number of rotatable bonds is 10. The number of esters is 1. The maximum absolute atomic E-state index is 13.0. The number of halogens is 1. The smallest absolute Gasteiger partial charge is 0.329 e. The van der Waals surface area contributed by atoms with Crippen molar-refractivity contribution in [3.05, 3.63) is 59.2 Å². The van der Waals surface area contributed by atoms with Crippen molar-refractivity contribution in [1.29, 1.82) is 5.26 Å². The molecule has 8 heteroatoms. The number of nitriles is 1. The first-order valence-corrected chi connectivity index (χ1v) is 13.1. The van der Waals surface area contributed by atoms with Crippen molar-refractivity contribution in [2.75, 3.05) is 42.6 Å². The van der Waals surface area contributed by atoms with Gasteiger partial charge < -0.3 is 14.5 Å². The molecule has 1 aromatic heterocycles. The molecule has 1 fully saturated rings. The van der Waals surface area contributed by atoms with E-state index in [0.29, 0.717) is 41.7 Å². The number of unbranched alkanes of at least 4 members (excludes halogenated alkanes) is 4. The molecule has 1 atom stereocenters. The fourth-order valence-electron chi connectivity index (χ4n) is 4.47. The average molecular weight is 506 g/mol. The largest absolute Gasteiger partial charge is 0.464 e. The molecule has 0 aliphatic carbocycles. The minimum absolute atomic E-state index is 0.315. The van der Waals surface area contributed by atoms with Gasteiger partial charge in [-0.2, -0.15) is 5.26 Å². The van der Waals surface area contributed by atoms with E-state index < -0.39 is 11.9 Å². The summed E-state index contributed by atoms with van der Waals surface area (Å²) in [6.07, 6.45) is 5.27. The molecule has 0 spiro atoms. The molecule has 4 rings (SSSR count). The summed E-state index contributed by atoms with van der Waals surface area (Å²) in [6.45, 7) is 5.35. The fraction of sp³-hybridized carbons (Fsp3) is 0.429. The molecule has 1 aliphatic rings. The van der Waals surface area contributed by atoms with E-state index in [9.17, 15) is 10.1 Å². The summed E-state index contributed by atoms with van der Waals surface area (Å²) in [6, 6.07) is 17.5. The van der Waals surface area contributed by atoms with E-state index >= 15 is 0 Å². The van der Waals surface area contributed by atoms with Crippen LogP contribution in [0.1, 0.15) is 50.6 Å². The number of anilines is 2. The van der Waals surface area contributed by atoms with Gasteiger partial charge in [-0.1, -0.05) is 62.4 Å². The van der Waals surface area contributed by atoms with Crippen molar-refractivity contribution in [1.82, 2.24) is 9.97 Å². The van der Waals surface area contributed by atoms with E-state index in [1.54, 1.807) is 0 Å². The van der Waals surface area contributed by atoms with Gasteiger partial charge in [0, 0.05) is 36.9 Å². The molecule has 3 aromatic rings. The van der Waals surface area contributed by atoms with E-state index in [1.165, 1.54) is 6.42 Å². The lowest BCUT2D eigenvalue weighted by atomic mass is 10.1. The van der Waals surface area contributed by atoms with Crippen LogP contribution in [0.5, 0.6) is 0 Å². The van der Waals surface area contributed by atoms with Gasteiger partial charge in [0.05, 0.1) is 23.7 Å². The summed E-state index contributed by atoms with van der Waals surface area (Å²) >= 11 is 6.18. The Hall–Kier alpha value is -3.37. The molecule has 1 saturated heterocycles. The minimum atomic E-state index is -1.13. The average Bonchev–Trinajstić information content (AvgIpc) is 2.91. The lowest BCUT2D eigenvalue weighted by molar-refractivity contribution is -0.144. The summed E-state index contributed by atoms with van der Waals surface area (Å²) in [5, 5.41) is 10.7. The fourth-order valence-corrected chi connectivity index (χ4v) is 4.65. The Morgan fingerprint density at radius 2 is 1.69 bits per heavy atom. The predicted octanol–water partition coefficient (Wildman–Crippen LogP) is 5.73. The number of ether oxygens (including phenoxy) is 1. The molecule has 188 valence electrons. The second-order valence-corrected chi connectivity index (χ2v) is 9.46. The molecule has 2 aromatic carbocycles. The lowest BCUT2D eigenvalue weighted by Gasteiger charge is -2.37. The molecule has 1 unspecified atom stereocenters. The third-order valence-corrected chi connectivity index (χ3v) is 6.70. The highest BCUT2D eigenvalue weighted by molar-refractivity contribution is 6.30. The molecular formula is C28H32ClN5O2. The molecule has 1 aliphatic heterocycles. The maximum atomic E-state index is 13.0. The second-order valence-electron chi connectivity index (χ2n) is 9.02. The standard InChI is InChI=1S/C28H32ClN5O2/c1-2-3-4-5-8-18-36-28(35)23(20-30)26-27(32-25-13-7-6-12-24(25)31-26)34-16-14-33(15-17-34)22-11-9-10-21(29)19-22/h6-7,9-13,19,23H,2-5,8,14-18H2,1H3. The number of para-hydroxylation sites is 2. The van der Waals surface area contributed by atoms with Crippen molar-refractivity contribution >= 4 is 40.1 Å². The van der Waals surface area contributed by atoms with E-state index in [-0.39, 0.29) is 0 Å². The maximum Gasteiger partial charge on any atom is 0.329 e. The van der Waals surface area contributed by atoms with Gasteiger partial charge in [0.15, 0.2) is 11.7 Å². The molecule has 36 heavy (non-hydrogen) atoms. The third kappa shape index (κ3) is 6.24. The zero-order valence-electron chi connectivity index (χ0n) is 20.7. The van der Waals surface area contributed by atoms with Crippen LogP contribution in [0, 0.1) is 11.3 Å². The first-order chi connectivity index (χ1) is 17.6. The van der Waals surface area contributed by atoms with Gasteiger partial charge in [0.25, 0.3) is 0 Å². The molecule has 0 N–H and O–H groups in total. The van der Waals surface area contributed by atoms with E-state index in [4.69, 9.17) is 26.3 Å². The number of benzene rings is 2. The number of carbonyl (C=O) groups is 1. The molecular weight excluding hydrogens is 474 g/mol. The minimum Gasteiger partial charge on any atom is -0.464 e. The number of fused-ring (bicyclic) bond motifs is 1. The van der Waals surface area contributed by atoms with Gasteiger partial charge in [-0.3, -0.25) is 4.79 Å². The van der Waals surface area contributed by atoms with Crippen LogP contribution in [0.2, 0.25) is 5.02 Å². The van der Waals surface area contributed by atoms with Crippen molar-refractivity contribution in [3.8, 4) is 6.07 Å². The number of aromatic nitrogens is 2. The van der Waals surface area contributed by atoms with E-state index in [1.807, 2.05) is 48.5 Å². The topological polar surface area (TPSA) is 82.3 Å². The van der Waals surface area contributed by atoms with Crippen molar-refractivity contribution in [2.45, 2.75) is 44.9 Å². The number of hydrogen-bond acceptors (Lipinski definition) is 7. The van der Waals surface area contributed by atoms with Crippen LogP contribution >= 0.6 is 11.6 Å². The van der Waals surface area contributed by atoms with Crippen molar-refractivity contribution in [2.24, 2.45) is 0 Å². The van der Waals surface area contributed by atoms with Crippen LogP contribution in [0.3, 0.4) is 0 Å². The third-order valence-electron chi connectivity index (χ3n) is 6.46. The molecule has 0 saturated carbocycles. The number of hydrogen-bond donors (Lipinski definition) is 0. The summed E-state index contributed by atoms with van der Waals surface area (Å²) in [4.78, 5) is 26.9. The molecule has 0 bridgehead atoms. The Balaban J connectivity index is 1.53.